The Bertz CT molecular complexity index is 1350. The van der Waals surface area contributed by atoms with Gasteiger partial charge in [-0.2, -0.15) is 0 Å². The smallest absolute Gasteiger partial charge is 0.306 e. The number of hydrogen-bond acceptors (Lipinski definition) is 6. The van der Waals surface area contributed by atoms with Crippen molar-refractivity contribution in [3.63, 3.8) is 0 Å². The lowest BCUT2D eigenvalue weighted by atomic mass is 10.1. The Morgan fingerprint density at radius 3 is 0.843 bits per heavy atom. The van der Waals surface area contributed by atoms with Gasteiger partial charge in [0.15, 0.2) is 6.10 Å². The van der Waals surface area contributed by atoms with Crippen molar-refractivity contribution in [3.05, 3.63) is 85.1 Å². The van der Waals surface area contributed by atoms with Crippen LogP contribution in [-0.4, -0.2) is 37.2 Å². The van der Waals surface area contributed by atoms with E-state index in [1.807, 2.05) is 0 Å². The van der Waals surface area contributed by atoms with Crippen molar-refractivity contribution in [1.82, 2.24) is 0 Å². The number of allylic oxidation sites excluding steroid dienone is 14. The van der Waals surface area contributed by atoms with E-state index in [4.69, 9.17) is 14.2 Å². The van der Waals surface area contributed by atoms with E-state index in [0.29, 0.717) is 19.3 Å². The van der Waals surface area contributed by atoms with Crippen molar-refractivity contribution < 1.29 is 28.6 Å². The second kappa shape index (κ2) is 58.2. The maximum absolute atomic E-state index is 12.9. The molecular formula is C64H110O6. The van der Waals surface area contributed by atoms with Gasteiger partial charge >= 0.3 is 17.9 Å². The normalized spacial score (nSPS) is 12.7. The van der Waals surface area contributed by atoms with Crippen molar-refractivity contribution in [2.75, 3.05) is 13.2 Å². The zero-order valence-corrected chi connectivity index (χ0v) is 46.0. The monoisotopic (exact) mass is 975 g/mol. The molecule has 0 saturated heterocycles. The van der Waals surface area contributed by atoms with Crippen LogP contribution in [-0.2, 0) is 28.6 Å². The van der Waals surface area contributed by atoms with E-state index in [9.17, 15) is 14.4 Å². The molecule has 0 aromatic heterocycles. The first-order valence-electron chi connectivity index (χ1n) is 29.6. The summed E-state index contributed by atoms with van der Waals surface area (Å²) < 4.78 is 16.9. The third kappa shape index (κ3) is 55.5. The van der Waals surface area contributed by atoms with Gasteiger partial charge in [0, 0.05) is 19.3 Å². The minimum atomic E-state index is -0.799. The Hall–Kier alpha value is -3.41. The van der Waals surface area contributed by atoms with E-state index >= 15 is 0 Å². The van der Waals surface area contributed by atoms with Crippen LogP contribution >= 0.6 is 0 Å². The molecule has 0 aliphatic rings. The third-order valence-electron chi connectivity index (χ3n) is 12.6. The SMILES string of the molecule is CCCCC/C=C\C/C=C\C/C=C\CCCCCCCCC(=O)OC[C@@H](COC(=O)CCCCCCC/C=C\CCCCCCCCC)OC(=O)CCCCCC/C=C\C/C=C\C/C=C\CCCCC. The Morgan fingerprint density at radius 2 is 0.514 bits per heavy atom. The number of unbranched alkanes of at least 4 members (excludes halogenated alkanes) is 28. The van der Waals surface area contributed by atoms with Crippen LogP contribution in [0.25, 0.3) is 0 Å². The molecule has 0 spiro atoms. The number of esters is 3. The molecule has 0 N–H and O–H groups in total. The van der Waals surface area contributed by atoms with Gasteiger partial charge in [0.05, 0.1) is 0 Å². The molecule has 0 aromatic rings. The summed E-state index contributed by atoms with van der Waals surface area (Å²) in [4.78, 5) is 38.2. The average Bonchev–Trinajstić information content (AvgIpc) is 3.36. The van der Waals surface area contributed by atoms with Gasteiger partial charge in [-0.3, -0.25) is 14.4 Å². The van der Waals surface area contributed by atoms with E-state index < -0.39 is 6.10 Å². The molecule has 6 nitrogen and oxygen atoms in total. The van der Waals surface area contributed by atoms with E-state index in [0.717, 1.165) is 109 Å². The van der Waals surface area contributed by atoms with Crippen LogP contribution in [0.15, 0.2) is 85.1 Å². The van der Waals surface area contributed by atoms with Gasteiger partial charge in [-0.05, 0) is 122 Å². The summed E-state index contributed by atoms with van der Waals surface area (Å²) in [7, 11) is 0. The third-order valence-corrected chi connectivity index (χ3v) is 12.6. The molecule has 0 fully saturated rings. The molecule has 0 amide bonds. The second-order valence-corrected chi connectivity index (χ2v) is 19.5. The highest BCUT2D eigenvalue weighted by molar-refractivity contribution is 5.71. The molecule has 0 unspecified atom stereocenters. The summed E-state index contributed by atoms with van der Waals surface area (Å²) in [5.41, 5.74) is 0. The maximum Gasteiger partial charge on any atom is 0.306 e. The van der Waals surface area contributed by atoms with Crippen LogP contribution < -0.4 is 0 Å². The van der Waals surface area contributed by atoms with Gasteiger partial charge in [-0.15, -0.1) is 0 Å². The molecule has 0 aromatic carbocycles. The minimum absolute atomic E-state index is 0.0942. The largest absolute Gasteiger partial charge is 0.462 e. The van der Waals surface area contributed by atoms with Crippen molar-refractivity contribution in [1.29, 1.82) is 0 Å². The van der Waals surface area contributed by atoms with Crippen LogP contribution in [0, 0.1) is 0 Å². The summed E-state index contributed by atoms with van der Waals surface area (Å²) in [6.07, 6.45) is 75.6. The molecule has 70 heavy (non-hydrogen) atoms. The number of carbonyl (C=O) groups excluding carboxylic acids is 3. The van der Waals surface area contributed by atoms with Gasteiger partial charge in [-0.1, -0.05) is 228 Å². The summed E-state index contributed by atoms with van der Waals surface area (Å²) >= 11 is 0. The van der Waals surface area contributed by atoms with Crippen LogP contribution in [0.5, 0.6) is 0 Å². The fourth-order valence-electron chi connectivity index (χ4n) is 8.10. The lowest BCUT2D eigenvalue weighted by Crippen LogP contribution is -2.30. The van der Waals surface area contributed by atoms with E-state index in [-0.39, 0.29) is 31.1 Å². The van der Waals surface area contributed by atoms with Crippen LogP contribution in [0.4, 0.5) is 0 Å². The van der Waals surface area contributed by atoms with Crippen molar-refractivity contribution >= 4 is 17.9 Å². The molecule has 0 aliphatic heterocycles. The molecule has 0 aliphatic carbocycles. The highest BCUT2D eigenvalue weighted by Gasteiger charge is 2.19. The van der Waals surface area contributed by atoms with E-state index in [1.165, 1.54) is 135 Å². The van der Waals surface area contributed by atoms with Gasteiger partial charge in [0.25, 0.3) is 0 Å². The van der Waals surface area contributed by atoms with Crippen molar-refractivity contribution in [3.8, 4) is 0 Å². The van der Waals surface area contributed by atoms with E-state index in [2.05, 4.69) is 106 Å². The number of hydrogen-bond donors (Lipinski definition) is 0. The molecule has 0 heterocycles. The van der Waals surface area contributed by atoms with Gasteiger partial charge in [0.1, 0.15) is 13.2 Å². The Labute approximate surface area is 433 Å². The summed E-state index contributed by atoms with van der Waals surface area (Å²) in [5.74, 6) is -0.930. The van der Waals surface area contributed by atoms with Gasteiger partial charge in [0.2, 0.25) is 0 Å². The second-order valence-electron chi connectivity index (χ2n) is 19.5. The molecule has 0 saturated carbocycles. The Kier molecular flexibility index (Phi) is 55.3. The first kappa shape index (κ1) is 66.6. The first-order chi connectivity index (χ1) is 34.5. The molecule has 0 rings (SSSR count). The molecule has 1 atom stereocenters. The average molecular weight is 976 g/mol. The summed E-state index contributed by atoms with van der Waals surface area (Å²) in [6.45, 7) is 6.56. The van der Waals surface area contributed by atoms with Crippen LogP contribution in [0.1, 0.15) is 284 Å². The number of rotatable bonds is 53. The predicted molar refractivity (Wildman–Crippen MR) is 302 cm³/mol. The zero-order valence-electron chi connectivity index (χ0n) is 46.0. The minimum Gasteiger partial charge on any atom is -0.462 e. The molecule has 6 heteroatoms. The molecule has 0 bridgehead atoms. The van der Waals surface area contributed by atoms with E-state index in [1.54, 1.807) is 0 Å². The lowest BCUT2D eigenvalue weighted by molar-refractivity contribution is -0.167. The van der Waals surface area contributed by atoms with Crippen molar-refractivity contribution in [2.45, 2.75) is 290 Å². The van der Waals surface area contributed by atoms with Gasteiger partial charge in [-0.25, -0.2) is 0 Å². The zero-order chi connectivity index (χ0) is 50.7. The summed E-state index contributed by atoms with van der Waals surface area (Å²) in [6, 6.07) is 0. The maximum atomic E-state index is 12.9. The van der Waals surface area contributed by atoms with Crippen molar-refractivity contribution in [2.24, 2.45) is 0 Å². The summed E-state index contributed by atoms with van der Waals surface area (Å²) in [5, 5.41) is 0. The number of ether oxygens (including phenoxy) is 3. The van der Waals surface area contributed by atoms with Crippen LogP contribution in [0.3, 0.4) is 0 Å². The highest BCUT2D eigenvalue weighted by atomic mass is 16.6. The topological polar surface area (TPSA) is 78.9 Å². The predicted octanol–water partition coefficient (Wildman–Crippen LogP) is 19.9. The standard InChI is InChI=1S/C64H110O6/c1-4-7-10-13-16-19-22-25-28-31-32-34-36-39-42-45-48-51-54-57-63(66)69-60-61(59-68-62(65)56-53-50-47-44-41-38-35-30-27-24-21-18-15-12-9-6-3)70-64(67)58-55-52-49-46-43-40-37-33-29-26-23-20-17-14-11-8-5-2/h16-17,19-20,25-26,28-30,32,34-35,37,40,61H,4-15,18,21-24,27,31,33,36,38-39,41-60H2,1-3H3/b19-16-,20-17-,28-25-,29-26-,34-32-,35-30-,40-37-/t61-/m1/s1. The molecule has 402 valence electrons. The number of carbonyl (C=O) groups is 3. The quantitative estimate of drug-likeness (QED) is 0.0261. The van der Waals surface area contributed by atoms with Gasteiger partial charge < -0.3 is 14.2 Å². The highest BCUT2D eigenvalue weighted by Crippen LogP contribution is 2.14. The first-order valence-corrected chi connectivity index (χ1v) is 29.6. The van der Waals surface area contributed by atoms with Crippen LogP contribution in [0.2, 0.25) is 0 Å². The fraction of sp³-hybridized carbons (Fsp3) is 0.734. The Balaban J connectivity index is 4.46. The molecule has 0 radical (unpaired) electrons. The Morgan fingerprint density at radius 1 is 0.286 bits per heavy atom. The lowest BCUT2D eigenvalue weighted by Gasteiger charge is -2.18. The molecular weight excluding hydrogens is 865 g/mol. The fourth-order valence-corrected chi connectivity index (χ4v) is 8.10.